The highest BCUT2D eigenvalue weighted by Crippen LogP contribution is 2.14. The average Bonchev–Trinajstić information content (AvgIpc) is 2.66. The maximum absolute atomic E-state index is 13.3. The van der Waals surface area contributed by atoms with Crippen LogP contribution in [0, 0.1) is 11.6 Å². The number of anilines is 1. The Hall–Kier alpha value is -3.55. The van der Waals surface area contributed by atoms with Gasteiger partial charge in [0, 0.05) is 13.1 Å². The van der Waals surface area contributed by atoms with Crippen molar-refractivity contribution < 1.29 is 18.4 Å². The van der Waals surface area contributed by atoms with Crippen molar-refractivity contribution in [1.82, 2.24) is 15.2 Å². The molecule has 3 aromatic rings. The third-order valence-corrected chi connectivity index (χ3v) is 3.72. The molecule has 2 heterocycles. The Kier molecular flexibility index (Phi) is 5.25. The summed E-state index contributed by atoms with van der Waals surface area (Å²) < 4.78 is 26.2. The number of amides is 1. The van der Waals surface area contributed by atoms with Crippen LogP contribution in [0.2, 0.25) is 0 Å². The Morgan fingerprint density at radius 1 is 0.926 bits per heavy atom. The zero-order valence-electron chi connectivity index (χ0n) is 14.2. The largest absolute Gasteiger partial charge is 0.305 e. The summed E-state index contributed by atoms with van der Waals surface area (Å²) in [5.41, 5.74) is 1.59. The molecule has 0 aliphatic carbocycles. The standard InChI is InChI=1S/C19H14F2N4O2/c1-11(26)16-5-6-17(25-24-16)19(27)23-18-7-3-13(10-22-18)8-12-2-4-14(20)15(21)9-12/h2-7,9-10H,8H2,1H3,(H,22,23,27). The molecule has 0 aliphatic heterocycles. The number of Topliss-reactive ketones (excluding diaryl/α,β-unsaturated/α-hetero) is 1. The lowest BCUT2D eigenvalue weighted by molar-refractivity contribution is 0.0996. The van der Waals surface area contributed by atoms with Crippen molar-refractivity contribution in [2.75, 3.05) is 5.32 Å². The Morgan fingerprint density at radius 3 is 2.22 bits per heavy atom. The molecule has 8 heteroatoms. The van der Waals surface area contributed by atoms with Gasteiger partial charge in [-0.3, -0.25) is 9.59 Å². The van der Waals surface area contributed by atoms with E-state index in [0.29, 0.717) is 17.8 Å². The lowest BCUT2D eigenvalue weighted by Crippen LogP contribution is -2.16. The number of halogens is 2. The number of aromatic nitrogens is 3. The number of ketones is 1. The van der Waals surface area contributed by atoms with Gasteiger partial charge >= 0.3 is 0 Å². The quantitative estimate of drug-likeness (QED) is 0.699. The van der Waals surface area contributed by atoms with Crippen molar-refractivity contribution in [1.29, 1.82) is 0 Å². The van der Waals surface area contributed by atoms with Crippen molar-refractivity contribution in [3.63, 3.8) is 0 Å². The third kappa shape index (κ3) is 4.55. The molecule has 0 unspecified atom stereocenters. The molecule has 0 radical (unpaired) electrons. The summed E-state index contributed by atoms with van der Waals surface area (Å²) in [6, 6.07) is 9.83. The summed E-state index contributed by atoms with van der Waals surface area (Å²) in [5, 5.41) is 9.95. The predicted molar refractivity (Wildman–Crippen MR) is 93.4 cm³/mol. The molecule has 0 bridgehead atoms. The summed E-state index contributed by atoms with van der Waals surface area (Å²) in [7, 11) is 0. The molecule has 0 saturated carbocycles. The normalized spacial score (nSPS) is 10.5. The number of carbonyl (C=O) groups excluding carboxylic acids is 2. The van der Waals surface area contributed by atoms with Crippen LogP contribution in [0.4, 0.5) is 14.6 Å². The topological polar surface area (TPSA) is 84.8 Å². The molecule has 1 aromatic carbocycles. The highest BCUT2D eigenvalue weighted by molar-refractivity contribution is 6.02. The highest BCUT2D eigenvalue weighted by Gasteiger charge is 2.11. The second-order valence-electron chi connectivity index (χ2n) is 5.79. The van der Waals surface area contributed by atoms with Crippen LogP contribution in [-0.2, 0) is 6.42 Å². The van der Waals surface area contributed by atoms with Gasteiger partial charge in [0.15, 0.2) is 23.1 Å². The minimum Gasteiger partial charge on any atom is -0.305 e. The Morgan fingerprint density at radius 2 is 1.63 bits per heavy atom. The molecule has 0 aliphatic rings. The first kappa shape index (κ1) is 18.2. The van der Waals surface area contributed by atoms with Crippen LogP contribution in [0.5, 0.6) is 0 Å². The van der Waals surface area contributed by atoms with E-state index in [-0.39, 0.29) is 17.2 Å². The maximum Gasteiger partial charge on any atom is 0.277 e. The summed E-state index contributed by atoms with van der Waals surface area (Å²) in [5.74, 6) is -2.26. The molecular weight excluding hydrogens is 354 g/mol. The van der Waals surface area contributed by atoms with Crippen LogP contribution < -0.4 is 5.32 Å². The van der Waals surface area contributed by atoms with Gasteiger partial charge in [-0.15, -0.1) is 10.2 Å². The predicted octanol–water partition coefficient (Wildman–Crippen LogP) is 3.20. The number of carbonyl (C=O) groups is 2. The number of nitrogens with zero attached hydrogens (tertiary/aromatic N) is 3. The Labute approximate surface area is 153 Å². The van der Waals surface area contributed by atoms with E-state index in [9.17, 15) is 18.4 Å². The van der Waals surface area contributed by atoms with Gasteiger partial charge in [0.1, 0.15) is 11.5 Å². The molecule has 2 aromatic heterocycles. The van der Waals surface area contributed by atoms with Crippen LogP contribution in [0.25, 0.3) is 0 Å². The smallest absolute Gasteiger partial charge is 0.277 e. The second kappa shape index (κ2) is 7.77. The average molecular weight is 368 g/mol. The summed E-state index contributed by atoms with van der Waals surface area (Å²) in [6.45, 7) is 1.36. The van der Waals surface area contributed by atoms with E-state index in [1.807, 2.05) is 0 Å². The first-order chi connectivity index (χ1) is 12.9. The third-order valence-electron chi connectivity index (χ3n) is 3.72. The minimum atomic E-state index is -0.902. The molecule has 1 N–H and O–H groups in total. The fourth-order valence-electron chi connectivity index (χ4n) is 2.31. The van der Waals surface area contributed by atoms with Crippen molar-refractivity contribution in [2.45, 2.75) is 13.3 Å². The van der Waals surface area contributed by atoms with E-state index < -0.39 is 17.5 Å². The molecule has 0 fully saturated rings. The van der Waals surface area contributed by atoms with Gasteiger partial charge < -0.3 is 5.32 Å². The van der Waals surface area contributed by atoms with E-state index in [2.05, 4.69) is 20.5 Å². The van der Waals surface area contributed by atoms with Crippen molar-refractivity contribution in [3.8, 4) is 0 Å². The second-order valence-corrected chi connectivity index (χ2v) is 5.79. The molecule has 6 nitrogen and oxygen atoms in total. The van der Waals surface area contributed by atoms with Gasteiger partial charge in [0.2, 0.25) is 0 Å². The highest BCUT2D eigenvalue weighted by atomic mass is 19.2. The summed E-state index contributed by atoms with van der Waals surface area (Å²) in [6.07, 6.45) is 1.90. The van der Waals surface area contributed by atoms with E-state index >= 15 is 0 Å². The molecule has 0 saturated heterocycles. The van der Waals surface area contributed by atoms with Crippen molar-refractivity contribution >= 4 is 17.5 Å². The first-order valence-corrected chi connectivity index (χ1v) is 7.97. The number of pyridine rings is 1. The fraction of sp³-hybridized carbons (Fsp3) is 0.105. The fourth-order valence-corrected chi connectivity index (χ4v) is 2.31. The Balaban J connectivity index is 1.65. The van der Waals surface area contributed by atoms with Crippen LogP contribution >= 0.6 is 0 Å². The van der Waals surface area contributed by atoms with Gasteiger partial charge in [0.25, 0.3) is 5.91 Å². The van der Waals surface area contributed by atoms with Gasteiger partial charge in [-0.05, 0) is 47.9 Å². The van der Waals surface area contributed by atoms with Crippen LogP contribution in [-0.4, -0.2) is 26.9 Å². The van der Waals surface area contributed by atoms with E-state index in [1.54, 1.807) is 12.1 Å². The van der Waals surface area contributed by atoms with Gasteiger partial charge in [0.05, 0.1) is 0 Å². The summed E-state index contributed by atoms with van der Waals surface area (Å²) in [4.78, 5) is 27.4. The SMILES string of the molecule is CC(=O)c1ccc(C(=O)Nc2ccc(Cc3ccc(F)c(F)c3)cn2)nn1. The van der Waals surface area contributed by atoms with Crippen LogP contribution in [0.1, 0.15) is 39.0 Å². The zero-order valence-corrected chi connectivity index (χ0v) is 14.2. The monoisotopic (exact) mass is 368 g/mol. The number of nitrogens with one attached hydrogen (secondary N) is 1. The first-order valence-electron chi connectivity index (χ1n) is 7.97. The number of benzene rings is 1. The minimum absolute atomic E-state index is 0.0488. The van der Waals surface area contributed by atoms with Gasteiger partial charge in [-0.2, -0.15) is 0 Å². The lowest BCUT2D eigenvalue weighted by Gasteiger charge is -2.06. The van der Waals surface area contributed by atoms with E-state index in [1.165, 1.54) is 31.3 Å². The molecule has 0 spiro atoms. The zero-order chi connectivity index (χ0) is 19.4. The van der Waals surface area contributed by atoms with Crippen LogP contribution in [0.15, 0.2) is 48.7 Å². The van der Waals surface area contributed by atoms with Gasteiger partial charge in [-0.25, -0.2) is 13.8 Å². The Bertz CT molecular complexity index is 990. The van der Waals surface area contributed by atoms with E-state index in [0.717, 1.165) is 17.7 Å². The lowest BCUT2D eigenvalue weighted by atomic mass is 10.1. The molecule has 27 heavy (non-hydrogen) atoms. The summed E-state index contributed by atoms with van der Waals surface area (Å²) >= 11 is 0. The number of hydrogen-bond acceptors (Lipinski definition) is 5. The molecule has 0 atom stereocenters. The number of rotatable bonds is 5. The van der Waals surface area contributed by atoms with E-state index in [4.69, 9.17) is 0 Å². The molecule has 136 valence electrons. The number of hydrogen-bond donors (Lipinski definition) is 1. The maximum atomic E-state index is 13.3. The van der Waals surface area contributed by atoms with Crippen molar-refractivity contribution in [3.05, 3.63) is 82.8 Å². The van der Waals surface area contributed by atoms with Crippen molar-refractivity contribution in [2.24, 2.45) is 0 Å². The van der Waals surface area contributed by atoms with Gasteiger partial charge in [-0.1, -0.05) is 12.1 Å². The van der Waals surface area contributed by atoms with Crippen LogP contribution in [0.3, 0.4) is 0 Å². The molecular formula is C19H14F2N4O2. The molecule has 3 rings (SSSR count). The molecule has 1 amide bonds.